The van der Waals surface area contributed by atoms with E-state index in [2.05, 4.69) is 6.07 Å². The van der Waals surface area contributed by atoms with Gasteiger partial charge in [0.25, 0.3) is 5.91 Å². The highest BCUT2D eigenvalue weighted by molar-refractivity contribution is 5.95. The lowest BCUT2D eigenvalue weighted by Gasteiger charge is -2.37. The van der Waals surface area contributed by atoms with Gasteiger partial charge >= 0.3 is 0 Å². The first kappa shape index (κ1) is 22.6. The minimum Gasteiger partial charge on any atom is -0.493 e. The Morgan fingerprint density at radius 3 is 2.33 bits per heavy atom. The summed E-state index contributed by atoms with van der Waals surface area (Å²) in [5, 5.41) is 0. The number of rotatable bonds is 6. The molecular weight excluding hydrogens is 421 g/mol. The number of ether oxygens (including phenoxy) is 3. The van der Waals surface area contributed by atoms with E-state index in [1.807, 2.05) is 38.1 Å². The van der Waals surface area contributed by atoms with Crippen LogP contribution in [0.25, 0.3) is 0 Å². The maximum atomic E-state index is 14.5. The lowest BCUT2D eigenvalue weighted by Crippen LogP contribution is -2.43. The molecule has 172 valence electrons. The van der Waals surface area contributed by atoms with E-state index >= 15 is 0 Å². The number of hydrogen-bond donors (Lipinski definition) is 0. The Balaban J connectivity index is 1.73. The van der Waals surface area contributed by atoms with Gasteiger partial charge in [0.2, 0.25) is 0 Å². The van der Waals surface area contributed by atoms with Crippen LogP contribution in [0.5, 0.6) is 17.2 Å². The van der Waals surface area contributed by atoms with Gasteiger partial charge in [0.15, 0.2) is 11.5 Å². The summed E-state index contributed by atoms with van der Waals surface area (Å²) in [7, 11) is 3.18. The molecule has 33 heavy (non-hydrogen) atoms. The van der Waals surface area contributed by atoms with Gasteiger partial charge in [-0.25, -0.2) is 4.39 Å². The van der Waals surface area contributed by atoms with Crippen LogP contribution in [0.2, 0.25) is 0 Å². The van der Waals surface area contributed by atoms with Crippen molar-refractivity contribution in [1.82, 2.24) is 4.90 Å². The molecule has 3 aromatic rings. The molecule has 0 N–H and O–H groups in total. The zero-order chi connectivity index (χ0) is 23.5. The quantitative estimate of drug-likeness (QED) is 0.514. The minimum atomic E-state index is -0.533. The molecule has 0 unspecified atom stereocenters. The topological polar surface area (TPSA) is 48.0 Å². The van der Waals surface area contributed by atoms with E-state index in [-0.39, 0.29) is 18.1 Å². The van der Waals surface area contributed by atoms with Gasteiger partial charge in [-0.15, -0.1) is 0 Å². The summed E-state index contributed by atoms with van der Waals surface area (Å²) in [4.78, 5) is 15.1. The van der Waals surface area contributed by atoms with Crippen molar-refractivity contribution in [3.05, 3.63) is 88.2 Å². The highest BCUT2D eigenvalue weighted by Crippen LogP contribution is 2.39. The molecule has 0 aliphatic carbocycles. The number of carbonyl (C=O) groups excluding carboxylic acids is 1. The van der Waals surface area contributed by atoms with E-state index in [1.54, 1.807) is 31.3 Å². The van der Waals surface area contributed by atoms with Crippen LogP contribution >= 0.6 is 0 Å². The van der Waals surface area contributed by atoms with Crippen LogP contribution in [0.4, 0.5) is 4.39 Å². The Bertz CT molecular complexity index is 1160. The maximum absolute atomic E-state index is 14.5. The molecule has 0 aromatic heterocycles. The van der Waals surface area contributed by atoms with Crippen LogP contribution in [0.1, 0.15) is 38.7 Å². The fourth-order valence-corrected chi connectivity index (χ4v) is 4.43. The second kappa shape index (κ2) is 9.53. The van der Waals surface area contributed by atoms with Crippen LogP contribution in [0.3, 0.4) is 0 Å². The van der Waals surface area contributed by atoms with Crippen molar-refractivity contribution in [3.63, 3.8) is 0 Å². The van der Waals surface area contributed by atoms with Crippen molar-refractivity contribution < 1.29 is 23.4 Å². The first-order valence-corrected chi connectivity index (χ1v) is 10.9. The van der Waals surface area contributed by atoms with Crippen LogP contribution in [0, 0.1) is 19.7 Å². The molecule has 3 aromatic carbocycles. The first-order valence-electron chi connectivity index (χ1n) is 10.9. The van der Waals surface area contributed by atoms with Gasteiger partial charge in [0.1, 0.15) is 18.2 Å². The van der Waals surface area contributed by atoms with E-state index in [0.29, 0.717) is 24.5 Å². The summed E-state index contributed by atoms with van der Waals surface area (Å²) in [6, 6.07) is 15.5. The molecule has 1 atom stereocenters. The molecule has 0 saturated heterocycles. The average Bonchev–Trinajstić information content (AvgIpc) is 2.80. The molecule has 0 spiro atoms. The number of amides is 1. The number of halogens is 1. The number of carbonyl (C=O) groups is 1. The molecule has 0 radical (unpaired) electrons. The smallest absolute Gasteiger partial charge is 0.257 e. The van der Waals surface area contributed by atoms with Gasteiger partial charge in [0, 0.05) is 6.54 Å². The molecule has 1 amide bonds. The third-order valence-electron chi connectivity index (χ3n) is 5.97. The predicted octanol–water partition coefficient (Wildman–Crippen LogP) is 5.28. The molecule has 0 saturated carbocycles. The van der Waals surface area contributed by atoms with Crippen molar-refractivity contribution >= 4 is 5.91 Å². The summed E-state index contributed by atoms with van der Waals surface area (Å²) in [5.74, 6) is 1.06. The van der Waals surface area contributed by atoms with Gasteiger partial charge in [-0.1, -0.05) is 18.2 Å². The summed E-state index contributed by atoms with van der Waals surface area (Å²) in [6.07, 6.45) is 0.621. The predicted molar refractivity (Wildman–Crippen MR) is 125 cm³/mol. The van der Waals surface area contributed by atoms with Crippen molar-refractivity contribution in [1.29, 1.82) is 0 Å². The number of benzene rings is 3. The van der Waals surface area contributed by atoms with E-state index in [1.165, 1.54) is 12.1 Å². The van der Waals surface area contributed by atoms with Gasteiger partial charge in [-0.3, -0.25) is 4.79 Å². The number of aryl methyl sites for hydroxylation is 2. The van der Waals surface area contributed by atoms with Gasteiger partial charge in [-0.2, -0.15) is 0 Å². The zero-order valence-electron chi connectivity index (χ0n) is 19.4. The van der Waals surface area contributed by atoms with Gasteiger partial charge in [-0.05, 0) is 78.9 Å². The fourth-order valence-electron chi connectivity index (χ4n) is 4.43. The summed E-state index contributed by atoms with van der Waals surface area (Å²) >= 11 is 0. The Labute approximate surface area is 193 Å². The summed E-state index contributed by atoms with van der Waals surface area (Å²) < 4.78 is 31.6. The summed E-state index contributed by atoms with van der Waals surface area (Å²) in [5.41, 5.74) is 4.21. The number of nitrogens with zero attached hydrogens (tertiary/aromatic N) is 1. The van der Waals surface area contributed by atoms with Crippen molar-refractivity contribution in [3.8, 4) is 17.2 Å². The lowest BCUT2D eigenvalue weighted by atomic mass is 9.91. The Morgan fingerprint density at radius 1 is 1.00 bits per heavy atom. The molecule has 4 rings (SSSR count). The normalized spacial score (nSPS) is 15.1. The van der Waals surface area contributed by atoms with Crippen molar-refractivity contribution in [2.24, 2.45) is 0 Å². The van der Waals surface area contributed by atoms with E-state index in [4.69, 9.17) is 14.2 Å². The molecule has 1 heterocycles. The van der Waals surface area contributed by atoms with Crippen LogP contribution < -0.4 is 14.2 Å². The maximum Gasteiger partial charge on any atom is 0.257 e. The highest BCUT2D eigenvalue weighted by atomic mass is 19.1. The van der Waals surface area contributed by atoms with Crippen molar-refractivity contribution in [2.75, 3.05) is 27.4 Å². The summed E-state index contributed by atoms with van der Waals surface area (Å²) in [6.45, 7) is 4.70. The standard InChI is InChI=1S/C27H28FNO4/c1-17-11-18(2)13-20(12-17)33-16-24-22-15-26(32-4)25(31-3)14-19(22)9-10-29(24)27(30)21-7-5-6-8-23(21)28/h5-8,11-15,24H,9-10,16H2,1-4H3/t24-/m0/s1. The van der Waals surface area contributed by atoms with Crippen LogP contribution in [-0.2, 0) is 6.42 Å². The van der Waals surface area contributed by atoms with Crippen LogP contribution in [0.15, 0.2) is 54.6 Å². The third kappa shape index (κ3) is 4.65. The SMILES string of the molecule is COc1cc2c(cc1OC)[C@H](COc1cc(C)cc(C)c1)N(C(=O)c1ccccc1F)CC2. The second-order valence-electron chi connectivity index (χ2n) is 8.28. The molecule has 6 heteroatoms. The average molecular weight is 450 g/mol. The fraction of sp³-hybridized carbons (Fsp3) is 0.296. The lowest BCUT2D eigenvalue weighted by molar-refractivity contribution is 0.0584. The Hall–Kier alpha value is -3.54. The monoisotopic (exact) mass is 449 g/mol. The molecule has 0 fully saturated rings. The molecule has 0 bridgehead atoms. The van der Waals surface area contributed by atoms with E-state index in [9.17, 15) is 9.18 Å². The molecule has 5 nitrogen and oxygen atoms in total. The highest BCUT2D eigenvalue weighted by Gasteiger charge is 2.34. The van der Waals surface area contributed by atoms with Gasteiger partial charge < -0.3 is 19.1 Å². The zero-order valence-corrected chi connectivity index (χ0v) is 19.4. The van der Waals surface area contributed by atoms with E-state index in [0.717, 1.165) is 28.0 Å². The second-order valence-corrected chi connectivity index (χ2v) is 8.28. The van der Waals surface area contributed by atoms with Crippen LogP contribution in [-0.4, -0.2) is 38.2 Å². The minimum absolute atomic E-state index is 0.0535. The Morgan fingerprint density at radius 2 is 1.67 bits per heavy atom. The number of fused-ring (bicyclic) bond motifs is 1. The Kier molecular flexibility index (Phi) is 6.54. The molecule has 1 aliphatic heterocycles. The largest absolute Gasteiger partial charge is 0.493 e. The van der Waals surface area contributed by atoms with Gasteiger partial charge in [0.05, 0.1) is 25.8 Å². The molecule has 1 aliphatic rings. The van der Waals surface area contributed by atoms with Crippen molar-refractivity contribution in [2.45, 2.75) is 26.3 Å². The molecular formula is C27H28FNO4. The third-order valence-corrected chi connectivity index (χ3v) is 5.97. The number of hydrogen-bond acceptors (Lipinski definition) is 4. The number of methoxy groups -OCH3 is 2. The first-order chi connectivity index (χ1) is 15.9. The van der Waals surface area contributed by atoms with E-state index < -0.39 is 11.9 Å².